The van der Waals surface area contributed by atoms with Gasteiger partial charge in [-0.25, -0.2) is 0 Å². The van der Waals surface area contributed by atoms with Crippen LogP contribution in [-0.4, -0.2) is 66.4 Å². The van der Waals surface area contributed by atoms with Gasteiger partial charge in [0.15, 0.2) is 6.61 Å². The van der Waals surface area contributed by atoms with E-state index >= 15 is 0 Å². The second-order valence-electron chi connectivity index (χ2n) is 9.00. The predicted molar refractivity (Wildman–Crippen MR) is 144 cm³/mol. The highest BCUT2D eigenvalue weighted by Gasteiger charge is 2.52. The zero-order valence-electron chi connectivity index (χ0n) is 23.1. The van der Waals surface area contributed by atoms with Crippen LogP contribution in [-0.2, 0) is 14.3 Å². The Hall–Kier alpha value is -3.50. The number of ether oxygens (including phenoxy) is 1. The average molecular weight is 587 g/mol. The lowest BCUT2D eigenvalue weighted by molar-refractivity contribution is -0.793. The first-order chi connectivity index (χ1) is 18.1. The van der Waals surface area contributed by atoms with Crippen LogP contribution in [0.15, 0.2) is 0 Å². The minimum atomic E-state index is -2.47. The third-order valence-corrected chi connectivity index (χ3v) is 5.36. The Morgan fingerprint density at radius 1 is 0.675 bits per heavy atom. The molecule has 0 bridgehead atoms. The van der Waals surface area contributed by atoms with Crippen LogP contribution in [0.5, 0.6) is 0 Å². The number of carbonyl (C=O) groups is 2. The maximum atomic E-state index is 11.3. The van der Waals surface area contributed by atoms with Gasteiger partial charge in [0.2, 0.25) is 6.61 Å². The van der Waals surface area contributed by atoms with Gasteiger partial charge in [0.25, 0.3) is 0 Å². The Morgan fingerprint density at radius 3 is 1.30 bits per heavy atom. The summed E-state index contributed by atoms with van der Waals surface area (Å²) in [5.74, 6) is -1.30. The molecule has 0 unspecified atom stereocenters. The Balaban J connectivity index is -0.000000262. The summed E-state index contributed by atoms with van der Waals surface area (Å²) in [5.41, 5.74) is -4.93. The molecule has 0 amide bonds. The standard InChI is InChI=1S/C11H20N2O6.C8H16O2.C3H6N2O5.CH4/c1-3-4-5-6-7-8-10(14)19-9-11(2,12(15)16)13(17)18;1-2-3-4-5-6-7-8(9)10;1-3(2-6,4(7)8)5(9)10;/h3-9H2,1-2H3;2-7H2,1H3,(H,9,10);6H,2H2,1H3;1H4. The second kappa shape index (κ2) is 24.5. The average Bonchev–Trinajstić information content (AvgIpc) is 2.86. The largest absolute Gasteiger partial charge is 0.488 e. The van der Waals surface area contributed by atoms with Gasteiger partial charge in [-0.15, -0.1) is 0 Å². The van der Waals surface area contributed by atoms with Gasteiger partial charge >= 0.3 is 23.3 Å². The zero-order chi connectivity index (χ0) is 31.1. The monoisotopic (exact) mass is 586 g/mol. The van der Waals surface area contributed by atoms with Crippen LogP contribution in [0.25, 0.3) is 0 Å². The third-order valence-electron chi connectivity index (χ3n) is 5.36. The summed E-state index contributed by atoms with van der Waals surface area (Å²) in [6.07, 6.45) is 10.7. The molecule has 0 fully saturated rings. The van der Waals surface area contributed by atoms with Gasteiger partial charge in [0.1, 0.15) is 19.7 Å². The molecule has 0 aliphatic carbocycles. The number of carboxylic acid groups (broad SMARTS) is 1. The van der Waals surface area contributed by atoms with Crippen molar-refractivity contribution in [3.63, 3.8) is 0 Å². The van der Waals surface area contributed by atoms with Crippen molar-refractivity contribution in [3.8, 4) is 0 Å². The van der Waals surface area contributed by atoms with E-state index in [1.807, 2.05) is 0 Å². The fourth-order valence-corrected chi connectivity index (χ4v) is 2.40. The summed E-state index contributed by atoms with van der Waals surface area (Å²) in [5, 5.41) is 57.5. The Labute approximate surface area is 233 Å². The topological polar surface area (TPSA) is 256 Å². The maximum Gasteiger partial charge on any atom is 0.488 e. The first-order valence-corrected chi connectivity index (χ1v) is 12.6. The molecule has 236 valence electrons. The van der Waals surface area contributed by atoms with Crippen LogP contribution in [0.1, 0.15) is 112 Å². The molecule has 0 aliphatic rings. The normalized spacial score (nSPS) is 10.4. The Kier molecular flexibility index (Phi) is 26.7. The second-order valence-corrected chi connectivity index (χ2v) is 9.00. The van der Waals surface area contributed by atoms with E-state index in [1.165, 1.54) is 19.3 Å². The first-order valence-electron chi connectivity index (χ1n) is 12.6. The van der Waals surface area contributed by atoms with E-state index < -0.39 is 56.2 Å². The number of aliphatic hydroxyl groups is 1. The summed E-state index contributed by atoms with van der Waals surface area (Å²) < 4.78 is 4.61. The molecule has 0 atom stereocenters. The maximum absolute atomic E-state index is 11.3. The molecule has 0 saturated heterocycles. The minimum absolute atomic E-state index is 0. The van der Waals surface area contributed by atoms with Gasteiger partial charge in [-0.2, -0.15) is 0 Å². The molecule has 0 spiro atoms. The number of nitro groups is 4. The van der Waals surface area contributed by atoms with Crippen molar-refractivity contribution in [1.29, 1.82) is 0 Å². The highest BCUT2D eigenvalue weighted by Crippen LogP contribution is 2.12. The number of hydrogen-bond donors (Lipinski definition) is 2. The van der Waals surface area contributed by atoms with Crippen molar-refractivity contribution in [2.45, 2.75) is 123 Å². The molecule has 2 N–H and O–H groups in total. The van der Waals surface area contributed by atoms with Gasteiger partial charge < -0.3 is 14.9 Å². The molecule has 0 heterocycles. The predicted octanol–water partition coefficient (Wildman–Crippen LogP) is 4.48. The quantitative estimate of drug-likeness (QED) is 0.0696. The molecular weight excluding hydrogens is 540 g/mol. The number of rotatable bonds is 19. The Morgan fingerprint density at radius 2 is 1.02 bits per heavy atom. The highest BCUT2D eigenvalue weighted by molar-refractivity contribution is 5.69. The van der Waals surface area contributed by atoms with Crippen molar-refractivity contribution in [2.24, 2.45) is 0 Å². The van der Waals surface area contributed by atoms with Gasteiger partial charge in [-0.1, -0.05) is 72.6 Å². The van der Waals surface area contributed by atoms with E-state index in [0.717, 1.165) is 52.4 Å². The number of aliphatic hydroxyl groups excluding tert-OH is 1. The van der Waals surface area contributed by atoms with Crippen molar-refractivity contribution in [2.75, 3.05) is 13.2 Å². The van der Waals surface area contributed by atoms with Crippen molar-refractivity contribution < 1.29 is 44.2 Å². The fourth-order valence-electron chi connectivity index (χ4n) is 2.40. The van der Waals surface area contributed by atoms with Gasteiger partial charge in [0, 0.05) is 12.8 Å². The molecule has 40 heavy (non-hydrogen) atoms. The minimum Gasteiger partial charge on any atom is -0.481 e. The van der Waals surface area contributed by atoms with Crippen molar-refractivity contribution in [3.05, 3.63) is 40.5 Å². The van der Waals surface area contributed by atoms with Crippen LogP contribution in [0.4, 0.5) is 0 Å². The summed E-state index contributed by atoms with van der Waals surface area (Å²) >= 11 is 0. The van der Waals surface area contributed by atoms with Crippen LogP contribution >= 0.6 is 0 Å². The molecule has 0 aromatic carbocycles. The Bertz CT molecular complexity index is 750. The molecule has 17 heteroatoms. The molecule has 0 aromatic rings. The molecule has 0 aliphatic heterocycles. The van der Waals surface area contributed by atoms with Crippen LogP contribution in [0, 0.1) is 40.5 Å². The fraction of sp³-hybridized carbons (Fsp3) is 0.913. The summed E-state index contributed by atoms with van der Waals surface area (Å²) in [4.78, 5) is 57.9. The molecular formula is C23H46N4O13. The molecule has 0 rings (SSSR count). The lowest BCUT2D eigenvalue weighted by Gasteiger charge is -2.12. The number of nitrogens with zero attached hydrogens (tertiary/aromatic N) is 4. The lowest BCUT2D eigenvalue weighted by atomic mass is 10.1. The lowest BCUT2D eigenvalue weighted by Crippen LogP contribution is -2.47. The summed E-state index contributed by atoms with van der Waals surface area (Å²) in [6, 6.07) is 0. The van der Waals surface area contributed by atoms with E-state index in [2.05, 4.69) is 18.6 Å². The number of carbonyl (C=O) groups excluding carboxylic acids is 1. The summed E-state index contributed by atoms with van der Waals surface area (Å²) in [7, 11) is 0. The van der Waals surface area contributed by atoms with E-state index in [9.17, 15) is 50.0 Å². The van der Waals surface area contributed by atoms with Gasteiger partial charge in [-0.05, 0) is 12.8 Å². The first kappa shape index (κ1) is 43.5. The highest BCUT2D eigenvalue weighted by atomic mass is 16.7. The SMILES string of the molecule is C.CC(CO)([N+](=O)[O-])[N+](=O)[O-].CCCCCCCC(=O)O.CCCCCCCC(=O)OCC(C)([N+](=O)[O-])[N+](=O)[O-]. The van der Waals surface area contributed by atoms with Crippen molar-refractivity contribution in [1.82, 2.24) is 0 Å². The summed E-state index contributed by atoms with van der Waals surface area (Å²) in [6.45, 7) is 3.84. The number of hydrogen-bond acceptors (Lipinski definition) is 12. The van der Waals surface area contributed by atoms with Crippen LogP contribution in [0.2, 0.25) is 0 Å². The number of unbranched alkanes of at least 4 members (excludes halogenated alkanes) is 8. The third kappa shape index (κ3) is 20.5. The molecule has 0 saturated carbocycles. The van der Waals surface area contributed by atoms with Gasteiger partial charge in [0.05, 0.1) is 13.8 Å². The number of aliphatic carboxylic acids is 1. The molecule has 17 nitrogen and oxygen atoms in total. The number of esters is 1. The van der Waals surface area contributed by atoms with E-state index in [4.69, 9.17) is 10.2 Å². The number of carboxylic acids is 1. The van der Waals surface area contributed by atoms with E-state index in [0.29, 0.717) is 12.8 Å². The van der Waals surface area contributed by atoms with Crippen molar-refractivity contribution >= 4 is 11.9 Å². The zero-order valence-corrected chi connectivity index (χ0v) is 23.1. The van der Waals surface area contributed by atoms with Crippen LogP contribution < -0.4 is 0 Å². The molecule has 0 aromatic heterocycles. The molecule has 0 radical (unpaired) electrons. The van der Waals surface area contributed by atoms with Crippen LogP contribution in [0.3, 0.4) is 0 Å². The van der Waals surface area contributed by atoms with E-state index in [-0.39, 0.29) is 13.8 Å². The smallest absolute Gasteiger partial charge is 0.481 e. The van der Waals surface area contributed by atoms with Gasteiger partial charge in [-0.3, -0.25) is 50.0 Å². The van der Waals surface area contributed by atoms with E-state index in [1.54, 1.807) is 0 Å².